The van der Waals surface area contributed by atoms with Crippen LogP contribution in [-0.2, 0) is 27.1 Å². The fourth-order valence-electron chi connectivity index (χ4n) is 5.37. The van der Waals surface area contributed by atoms with Gasteiger partial charge in [0.05, 0.1) is 6.61 Å². The monoisotopic (exact) mass is 562 g/mol. The van der Waals surface area contributed by atoms with E-state index in [9.17, 15) is 9.90 Å². The molecule has 0 amide bonds. The van der Waals surface area contributed by atoms with Crippen LogP contribution >= 0.6 is 0 Å². The van der Waals surface area contributed by atoms with E-state index in [2.05, 4.69) is 79.7 Å². The standard InChI is InChI=1S/C37H38O5/c1-3-4-8-26-13-19-33-30(23-26)14-15-31-25-29(28-9-6-5-7-10-28)16-20-34(31)36(33)42-22-21-41-32-17-11-27(12-18-32)24-35(40-2)37(38)39/h5-7,9-20,23,25,35-36H,3-4,8,21-22,24H2,1-2H3,(H,38,39). The highest BCUT2D eigenvalue weighted by Crippen LogP contribution is 2.38. The van der Waals surface area contributed by atoms with Gasteiger partial charge in [-0.25, -0.2) is 4.79 Å². The zero-order chi connectivity index (χ0) is 29.3. The number of hydrogen-bond donors (Lipinski definition) is 1. The van der Waals surface area contributed by atoms with E-state index >= 15 is 0 Å². The van der Waals surface area contributed by atoms with Crippen LogP contribution in [0.2, 0.25) is 0 Å². The molecule has 4 aromatic rings. The molecule has 0 aromatic heterocycles. The van der Waals surface area contributed by atoms with E-state index < -0.39 is 12.1 Å². The Morgan fingerprint density at radius 3 is 2.19 bits per heavy atom. The van der Waals surface area contributed by atoms with Crippen LogP contribution in [0, 0.1) is 0 Å². The van der Waals surface area contributed by atoms with Crippen LogP contribution in [0.4, 0.5) is 0 Å². The van der Waals surface area contributed by atoms with Crippen molar-refractivity contribution in [1.82, 2.24) is 0 Å². The van der Waals surface area contributed by atoms with Crippen molar-refractivity contribution < 1.29 is 24.1 Å². The zero-order valence-electron chi connectivity index (χ0n) is 24.3. The molecule has 1 N–H and O–H groups in total. The molecule has 1 aliphatic carbocycles. The Kier molecular flexibility index (Phi) is 9.86. The predicted molar refractivity (Wildman–Crippen MR) is 168 cm³/mol. The molecule has 42 heavy (non-hydrogen) atoms. The molecule has 0 heterocycles. The highest BCUT2D eigenvalue weighted by molar-refractivity contribution is 5.79. The quantitative estimate of drug-likeness (QED) is 0.167. The number of ether oxygens (including phenoxy) is 3. The van der Waals surface area contributed by atoms with Crippen LogP contribution in [0.25, 0.3) is 23.3 Å². The van der Waals surface area contributed by atoms with Crippen LogP contribution in [0.1, 0.15) is 59.3 Å². The second kappa shape index (κ2) is 14.1. The Morgan fingerprint density at radius 2 is 1.50 bits per heavy atom. The smallest absolute Gasteiger partial charge is 0.333 e. The highest BCUT2D eigenvalue weighted by atomic mass is 16.5. The Hall–Kier alpha value is -4.19. The first-order valence-corrected chi connectivity index (χ1v) is 14.6. The lowest BCUT2D eigenvalue weighted by Gasteiger charge is -2.22. The van der Waals surface area contributed by atoms with E-state index in [4.69, 9.17) is 14.2 Å². The Bertz CT molecular complexity index is 1510. The van der Waals surface area contributed by atoms with Gasteiger partial charge in [0, 0.05) is 13.5 Å². The molecule has 216 valence electrons. The van der Waals surface area contributed by atoms with Crippen molar-refractivity contribution in [2.75, 3.05) is 20.3 Å². The highest BCUT2D eigenvalue weighted by Gasteiger charge is 2.23. The first-order chi connectivity index (χ1) is 20.6. The molecule has 5 rings (SSSR count). The van der Waals surface area contributed by atoms with Crippen LogP contribution in [0.15, 0.2) is 91.0 Å². The summed E-state index contributed by atoms with van der Waals surface area (Å²) in [6, 6.07) is 31.3. The molecule has 0 spiro atoms. The number of benzene rings is 4. The molecule has 0 saturated heterocycles. The molecule has 0 aliphatic heterocycles. The fraction of sp³-hybridized carbons (Fsp3) is 0.270. The van der Waals surface area contributed by atoms with Gasteiger partial charge in [-0.05, 0) is 75.5 Å². The van der Waals surface area contributed by atoms with Crippen molar-refractivity contribution in [3.8, 4) is 16.9 Å². The lowest BCUT2D eigenvalue weighted by Crippen LogP contribution is -2.24. The maximum atomic E-state index is 11.3. The lowest BCUT2D eigenvalue weighted by atomic mass is 9.92. The summed E-state index contributed by atoms with van der Waals surface area (Å²) >= 11 is 0. The van der Waals surface area contributed by atoms with Crippen molar-refractivity contribution in [2.24, 2.45) is 0 Å². The minimum absolute atomic E-state index is 0.219. The normalized spacial score (nSPS) is 14.5. The number of unbranched alkanes of at least 4 members (excludes halogenated alkanes) is 1. The molecule has 1 aliphatic rings. The van der Waals surface area contributed by atoms with E-state index in [0.29, 0.717) is 25.4 Å². The number of methoxy groups -OCH3 is 1. The molecular weight excluding hydrogens is 524 g/mol. The summed E-state index contributed by atoms with van der Waals surface area (Å²) in [6.07, 6.45) is 7.07. The van der Waals surface area contributed by atoms with Gasteiger partial charge in [-0.2, -0.15) is 0 Å². The van der Waals surface area contributed by atoms with E-state index in [-0.39, 0.29) is 6.10 Å². The molecular formula is C37H38O5. The molecule has 0 bridgehead atoms. The first-order valence-electron chi connectivity index (χ1n) is 14.6. The third-order valence-corrected chi connectivity index (χ3v) is 7.71. The minimum atomic E-state index is -0.972. The van der Waals surface area contributed by atoms with Crippen LogP contribution < -0.4 is 4.74 Å². The lowest BCUT2D eigenvalue weighted by molar-refractivity contribution is -0.148. The van der Waals surface area contributed by atoms with Crippen molar-refractivity contribution in [3.05, 3.63) is 124 Å². The van der Waals surface area contributed by atoms with E-state index in [1.165, 1.54) is 42.2 Å². The molecule has 4 aromatic carbocycles. The summed E-state index contributed by atoms with van der Waals surface area (Å²) in [5, 5.41) is 9.23. The Balaban J connectivity index is 1.32. The summed E-state index contributed by atoms with van der Waals surface area (Å²) in [5.41, 5.74) is 9.24. The van der Waals surface area contributed by atoms with Crippen molar-refractivity contribution >= 4 is 18.1 Å². The van der Waals surface area contributed by atoms with Crippen LogP contribution in [0.3, 0.4) is 0 Å². The summed E-state index contributed by atoms with van der Waals surface area (Å²) in [6.45, 7) is 3.02. The second-order valence-corrected chi connectivity index (χ2v) is 10.6. The number of rotatable bonds is 13. The molecule has 2 unspecified atom stereocenters. The number of carboxylic acid groups (broad SMARTS) is 1. The third kappa shape index (κ3) is 7.17. The maximum absolute atomic E-state index is 11.3. The predicted octanol–water partition coefficient (Wildman–Crippen LogP) is 8.01. The molecule has 0 saturated carbocycles. The van der Waals surface area contributed by atoms with Crippen molar-refractivity contribution in [1.29, 1.82) is 0 Å². The summed E-state index contributed by atoms with van der Waals surface area (Å²) in [7, 11) is 1.41. The molecule has 5 nitrogen and oxygen atoms in total. The van der Waals surface area contributed by atoms with Crippen molar-refractivity contribution in [3.63, 3.8) is 0 Å². The van der Waals surface area contributed by atoms with Gasteiger partial charge in [-0.15, -0.1) is 0 Å². The first kappa shape index (κ1) is 29.3. The number of aryl methyl sites for hydroxylation is 1. The Morgan fingerprint density at radius 1 is 0.810 bits per heavy atom. The van der Waals surface area contributed by atoms with E-state index in [1.54, 1.807) is 0 Å². The molecule has 0 radical (unpaired) electrons. The topological polar surface area (TPSA) is 65.0 Å². The van der Waals surface area contributed by atoms with E-state index in [0.717, 1.165) is 28.7 Å². The van der Waals surface area contributed by atoms with Crippen LogP contribution in [0.5, 0.6) is 5.75 Å². The van der Waals surface area contributed by atoms with Gasteiger partial charge in [-0.1, -0.05) is 98.3 Å². The van der Waals surface area contributed by atoms with Gasteiger partial charge in [0.15, 0.2) is 6.10 Å². The summed E-state index contributed by atoms with van der Waals surface area (Å²) in [5.74, 6) is -0.261. The van der Waals surface area contributed by atoms with E-state index in [1.807, 2.05) is 30.3 Å². The zero-order valence-corrected chi connectivity index (χ0v) is 24.3. The van der Waals surface area contributed by atoms with Gasteiger partial charge in [0.1, 0.15) is 18.5 Å². The number of hydrogen-bond acceptors (Lipinski definition) is 4. The van der Waals surface area contributed by atoms with Gasteiger partial charge < -0.3 is 19.3 Å². The SMILES string of the molecule is CCCCc1ccc2c(c1)C=Cc1cc(-c3ccccc3)ccc1C2OCCOc1ccc(CC(OC)C(=O)O)cc1. The minimum Gasteiger partial charge on any atom is -0.491 e. The molecule has 2 atom stereocenters. The third-order valence-electron chi connectivity index (χ3n) is 7.71. The van der Waals surface area contributed by atoms with Gasteiger partial charge >= 0.3 is 5.97 Å². The van der Waals surface area contributed by atoms with Gasteiger partial charge in [-0.3, -0.25) is 0 Å². The van der Waals surface area contributed by atoms with Gasteiger partial charge in [0.25, 0.3) is 0 Å². The summed E-state index contributed by atoms with van der Waals surface area (Å²) < 4.78 is 17.6. The average molecular weight is 563 g/mol. The van der Waals surface area contributed by atoms with Gasteiger partial charge in [0.2, 0.25) is 0 Å². The van der Waals surface area contributed by atoms with Crippen molar-refractivity contribution in [2.45, 2.75) is 44.8 Å². The molecule has 0 fully saturated rings. The Labute approximate surface area is 248 Å². The number of fused-ring (bicyclic) bond motifs is 2. The summed E-state index contributed by atoms with van der Waals surface area (Å²) in [4.78, 5) is 11.3. The number of aliphatic carboxylic acids is 1. The number of carboxylic acids is 1. The largest absolute Gasteiger partial charge is 0.491 e. The fourth-order valence-corrected chi connectivity index (χ4v) is 5.37. The maximum Gasteiger partial charge on any atom is 0.333 e. The molecule has 5 heteroatoms. The second-order valence-electron chi connectivity index (χ2n) is 10.6. The number of carbonyl (C=O) groups is 1. The van der Waals surface area contributed by atoms with Crippen LogP contribution in [-0.4, -0.2) is 37.5 Å². The average Bonchev–Trinajstić information content (AvgIpc) is 3.17.